The molecule has 4 heteroatoms. The van der Waals surface area contributed by atoms with E-state index in [4.69, 9.17) is 10.5 Å². The SMILES string of the molecule is COCc1ccccc1CNC(=O)C(N)c1ccccc1. The molecule has 0 aliphatic heterocycles. The van der Waals surface area contributed by atoms with Crippen LogP contribution in [0.3, 0.4) is 0 Å². The smallest absolute Gasteiger partial charge is 0.241 e. The van der Waals surface area contributed by atoms with Crippen LogP contribution >= 0.6 is 0 Å². The monoisotopic (exact) mass is 284 g/mol. The molecule has 0 aliphatic rings. The van der Waals surface area contributed by atoms with Crippen molar-refractivity contribution in [2.75, 3.05) is 7.11 Å². The maximum absolute atomic E-state index is 12.1. The zero-order valence-corrected chi connectivity index (χ0v) is 12.1. The molecule has 1 amide bonds. The number of methoxy groups -OCH3 is 1. The third kappa shape index (κ3) is 4.15. The number of carbonyl (C=O) groups excluding carboxylic acids is 1. The molecule has 0 saturated carbocycles. The second-order valence-electron chi connectivity index (χ2n) is 4.81. The molecule has 0 radical (unpaired) electrons. The minimum absolute atomic E-state index is 0.187. The van der Waals surface area contributed by atoms with Crippen LogP contribution in [0.25, 0.3) is 0 Å². The van der Waals surface area contributed by atoms with E-state index in [-0.39, 0.29) is 5.91 Å². The first-order valence-electron chi connectivity index (χ1n) is 6.86. The van der Waals surface area contributed by atoms with E-state index in [0.29, 0.717) is 13.2 Å². The number of amides is 1. The number of hydrogen-bond acceptors (Lipinski definition) is 3. The van der Waals surface area contributed by atoms with Gasteiger partial charge in [-0.05, 0) is 16.7 Å². The molecule has 0 aromatic heterocycles. The first kappa shape index (κ1) is 15.2. The molecule has 2 aromatic carbocycles. The second kappa shape index (κ2) is 7.57. The molecule has 21 heavy (non-hydrogen) atoms. The van der Waals surface area contributed by atoms with Gasteiger partial charge in [0, 0.05) is 13.7 Å². The third-order valence-corrected chi connectivity index (χ3v) is 3.31. The Bertz CT molecular complexity index is 584. The number of benzene rings is 2. The van der Waals surface area contributed by atoms with Crippen LogP contribution in [0.15, 0.2) is 54.6 Å². The minimum atomic E-state index is -0.652. The van der Waals surface area contributed by atoms with Crippen molar-refractivity contribution >= 4 is 5.91 Å². The van der Waals surface area contributed by atoms with Crippen LogP contribution in [0.2, 0.25) is 0 Å². The van der Waals surface area contributed by atoms with Gasteiger partial charge in [0.05, 0.1) is 6.61 Å². The van der Waals surface area contributed by atoms with Gasteiger partial charge < -0.3 is 15.8 Å². The van der Waals surface area contributed by atoms with Crippen molar-refractivity contribution < 1.29 is 9.53 Å². The molecule has 2 aromatic rings. The van der Waals surface area contributed by atoms with Gasteiger partial charge in [-0.25, -0.2) is 0 Å². The fourth-order valence-electron chi connectivity index (χ4n) is 2.13. The first-order chi connectivity index (χ1) is 10.2. The van der Waals surface area contributed by atoms with Gasteiger partial charge in [-0.2, -0.15) is 0 Å². The van der Waals surface area contributed by atoms with Gasteiger partial charge in [-0.15, -0.1) is 0 Å². The molecule has 4 nitrogen and oxygen atoms in total. The van der Waals surface area contributed by atoms with Crippen molar-refractivity contribution in [2.24, 2.45) is 5.73 Å². The van der Waals surface area contributed by atoms with Crippen molar-refractivity contribution in [1.82, 2.24) is 5.32 Å². The van der Waals surface area contributed by atoms with E-state index in [2.05, 4.69) is 5.32 Å². The van der Waals surface area contributed by atoms with E-state index in [1.54, 1.807) is 7.11 Å². The molecular formula is C17H20N2O2. The maximum Gasteiger partial charge on any atom is 0.241 e. The first-order valence-corrected chi connectivity index (χ1v) is 6.86. The lowest BCUT2D eigenvalue weighted by Crippen LogP contribution is -2.33. The molecule has 0 aliphatic carbocycles. The molecule has 0 fully saturated rings. The van der Waals surface area contributed by atoms with E-state index in [1.165, 1.54) is 0 Å². The summed E-state index contributed by atoms with van der Waals surface area (Å²) < 4.78 is 5.15. The average molecular weight is 284 g/mol. The molecule has 2 rings (SSSR count). The Morgan fingerprint density at radius 1 is 1.10 bits per heavy atom. The summed E-state index contributed by atoms with van der Waals surface area (Å²) in [6, 6.07) is 16.5. The lowest BCUT2D eigenvalue weighted by molar-refractivity contribution is -0.122. The fourth-order valence-corrected chi connectivity index (χ4v) is 2.13. The molecule has 0 spiro atoms. The Hall–Kier alpha value is -2.17. The highest BCUT2D eigenvalue weighted by Crippen LogP contribution is 2.12. The lowest BCUT2D eigenvalue weighted by atomic mass is 10.1. The number of carbonyl (C=O) groups is 1. The third-order valence-electron chi connectivity index (χ3n) is 3.31. The number of rotatable bonds is 6. The Morgan fingerprint density at radius 2 is 1.71 bits per heavy atom. The van der Waals surface area contributed by atoms with Gasteiger partial charge in [0.15, 0.2) is 0 Å². The quantitative estimate of drug-likeness (QED) is 0.854. The predicted molar refractivity (Wildman–Crippen MR) is 82.4 cm³/mol. The summed E-state index contributed by atoms with van der Waals surface area (Å²) in [5.74, 6) is -0.187. The van der Waals surface area contributed by atoms with Crippen LogP contribution < -0.4 is 11.1 Å². The number of ether oxygens (including phenoxy) is 1. The molecule has 110 valence electrons. The van der Waals surface area contributed by atoms with Crippen molar-refractivity contribution in [1.29, 1.82) is 0 Å². The van der Waals surface area contributed by atoms with Gasteiger partial charge in [0.1, 0.15) is 6.04 Å². The molecule has 0 saturated heterocycles. The Balaban J connectivity index is 1.98. The molecule has 0 heterocycles. The van der Waals surface area contributed by atoms with Crippen LogP contribution in [0.1, 0.15) is 22.7 Å². The molecule has 1 atom stereocenters. The zero-order valence-electron chi connectivity index (χ0n) is 12.1. The van der Waals surface area contributed by atoms with E-state index in [9.17, 15) is 4.79 Å². The van der Waals surface area contributed by atoms with Crippen LogP contribution in [-0.2, 0) is 22.7 Å². The zero-order chi connectivity index (χ0) is 15.1. The summed E-state index contributed by atoms with van der Waals surface area (Å²) in [7, 11) is 1.65. The van der Waals surface area contributed by atoms with Crippen molar-refractivity contribution in [2.45, 2.75) is 19.2 Å². The molecule has 1 unspecified atom stereocenters. The van der Waals surface area contributed by atoms with Gasteiger partial charge in [-0.1, -0.05) is 54.6 Å². The number of nitrogens with one attached hydrogen (secondary N) is 1. The van der Waals surface area contributed by atoms with Crippen LogP contribution in [0.5, 0.6) is 0 Å². The van der Waals surface area contributed by atoms with E-state index >= 15 is 0 Å². The molecule has 0 bridgehead atoms. The summed E-state index contributed by atoms with van der Waals surface area (Å²) in [4.78, 5) is 12.1. The largest absolute Gasteiger partial charge is 0.380 e. The number of nitrogens with two attached hydrogens (primary N) is 1. The highest BCUT2D eigenvalue weighted by atomic mass is 16.5. The topological polar surface area (TPSA) is 64.3 Å². The summed E-state index contributed by atoms with van der Waals surface area (Å²) in [6.45, 7) is 0.968. The summed E-state index contributed by atoms with van der Waals surface area (Å²) in [6.07, 6.45) is 0. The standard InChI is InChI=1S/C17H20N2O2/c1-21-12-15-10-6-5-9-14(15)11-19-17(20)16(18)13-7-3-2-4-8-13/h2-10,16H,11-12,18H2,1H3,(H,19,20). The highest BCUT2D eigenvalue weighted by molar-refractivity contribution is 5.82. The number of hydrogen-bond donors (Lipinski definition) is 2. The second-order valence-corrected chi connectivity index (χ2v) is 4.81. The highest BCUT2D eigenvalue weighted by Gasteiger charge is 2.15. The lowest BCUT2D eigenvalue weighted by Gasteiger charge is -2.14. The van der Waals surface area contributed by atoms with Gasteiger partial charge >= 0.3 is 0 Å². The summed E-state index contributed by atoms with van der Waals surface area (Å²) in [5.41, 5.74) is 8.87. The average Bonchev–Trinajstić information content (AvgIpc) is 2.54. The van der Waals surface area contributed by atoms with E-state index in [1.807, 2.05) is 54.6 Å². The Labute approximate surface area is 124 Å². The van der Waals surface area contributed by atoms with Crippen LogP contribution in [0, 0.1) is 0 Å². The van der Waals surface area contributed by atoms with E-state index in [0.717, 1.165) is 16.7 Å². The summed E-state index contributed by atoms with van der Waals surface area (Å²) >= 11 is 0. The van der Waals surface area contributed by atoms with Crippen LogP contribution in [0.4, 0.5) is 0 Å². The van der Waals surface area contributed by atoms with Crippen molar-refractivity contribution in [3.63, 3.8) is 0 Å². The van der Waals surface area contributed by atoms with Gasteiger partial charge in [-0.3, -0.25) is 4.79 Å². The van der Waals surface area contributed by atoms with Crippen molar-refractivity contribution in [3.05, 3.63) is 71.3 Å². The van der Waals surface area contributed by atoms with Gasteiger partial charge in [0.2, 0.25) is 5.91 Å². The Morgan fingerprint density at radius 3 is 2.38 bits per heavy atom. The molecular weight excluding hydrogens is 264 g/mol. The van der Waals surface area contributed by atoms with E-state index < -0.39 is 6.04 Å². The molecule has 3 N–H and O–H groups in total. The normalized spacial score (nSPS) is 11.9. The Kier molecular flexibility index (Phi) is 5.49. The summed E-state index contributed by atoms with van der Waals surface area (Å²) in [5, 5.41) is 2.88. The maximum atomic E-state index is 12.1. The minimum Gasteiger partial charge on any atom is -0.380 e. The predicted octanol–water partition coefficient (Wildman–Crippen LogP) is 2.15. The van der Waals surface area contributed by atoms with Crippen LogP contribution in [-0.4, -0.2) is 13.0 Å². The fraction of sp³-hybridized carbons (Fsp3) is 0.235. The van der Waals surface area contributed by atoms with Gasteiger partial charge in [0.25, 0.3) is 0 Å². The van der Waals surface area contributed by atoms with Crippen molar-refractivity contribution in [3.8, 4) is 0 Å².